The van der Waals surface area contributed by atoms with E-state index in [0.717, 1.165) is 5.01 Å². The summed E-state index contributed by atoms with van der Waals surface area (Å²) in [5, 5.41) is 1.61. The lowest BCUT2D eigenvalue weighted by Gasteiger charge is -2.23. The summed E-state index contributed by atoms with van der Waals surface area (Å²) >= 11 is 12.1. The van der Waals surface area contributed by atoms with Gasteiger partial charge in [-0.1, -0.05) is 23.2 Å². The van der Waals surface area contributed by atoms with Crippen molar-refractivity contribution in [2.75, 3.05) is 5.01 Å². The third-order valence-corrected chi connectivity index (χ3v) is 2.79. The predicted molar refractivity (Wildman–Crippen MR) is 79.2 cm³/mol. The van der Waals surface area contributed by atoms with Crippen molar-refractivity contribution in [3.8, 4) is 5.75 Å². The van der Waals surface area contributed by atoms with Crippen LogP contribution in [0.5, 0.6) is 5.75 Å². The number of carbonyl (C=O) groups excluding carboxylic acids is 2. The Bertz CT molecular complexity index is 533. The van der Waals surface area contributed by atoms with E-state index in [0.29, 0.717) is 16.5 Å². The van der Waals surface area contributed by atoms with Crippen LogP contribution in [0.25, 0.3) is 0 Å². The van der Waals surface area contributed by atoms with E-state index in [9.17, 15) is 9.59 Å². The topological polar surface area (TPSA) is 58.6 Å². The molecule has 0 bridgehead atoms. The molecule has 7 heteroatoms. The van der Waals surface area contributed by atoms with Gasteiger partial charge in [-0.15, -0.1) is 0 Å². The normalized spacial score (nSPS) is 10.3. The van der Waals surface area contributed by atoms with Crippen LogP contribution in [0, 0.1) is 0 Å². The fraction of sp³-hybridized carbons (Fsp3) is 0.385. The minimum Gasteiger partial charge on any atom is -0.489 e. The van der Waals surface area contributed by atoms with E-state index in [1.165, 1.54) is 26.0 Å². The molecule has 0 radical (unpaired) electrons. The van der Waals surface area contributed by atoms with Crippen molar-refractivity contribution < 1.29 is 14.3 Å². The van der Waals surface area contributed by atoms with Gasteiger partial charge < -0.3 is 4.74 Å². The maximum atomic E-state index is 11.6. The van der Waals surface area contributed by atoms with Crippen molar-refractivity contribution in [2.24, 2.45) is 0 Å². The Kier molecular flexibility index (Phi) is 5.65. The Morgan fingerprint density at radius 3 is 2.25 bits per heavy atom. The first kappa shape index (κ1) is 16.6. The summed E-state index contributed by atoms with van der Waals surface area (Å²) < 4.78 is 5.53. The number of hydrogen-bond acceptors (Lipinski definition) is 3. The molecule has 0 fully saturated rings. The number of benzene rings is 1. The fourth-order valence-corrected chi connectivity index (χ4v) is 2.01. The highest BCUT2D eigenvalue weighted by Crippen LogP contribution is 2.36. The Balaban J connectivity index is 3.26. The highest BCUT2D eigenvalue weighted by Gasteiger charge is 2.19. The van der Waals surface area contributed by atoms with Crippen molar-refractivity contribution in [3.63, 3.8) is 0 Å². The van der Waals surface area contributed by atoms with Gasteiger partial charge in [0.25, 0.3) is 0 Å². The quantitative estimate of drug-likeness (QED) is 0.871. The molecule has 0 saturated heterocycles. The van der Waals surface area contributed by atoms with Crippen molar-refractivity contribution in [1.82, 2.24) is 5.43 Å². The Labute approximate surface area is 127 Å². The minimum atomic E-state index is -0.391. The van der Waals surface area contributed by atoms with Crippen molar-refractivity contribution >= 4 is 40.7 Å². The maximum Gasteiger partial charge on any atom is 0.242 e. The molecule has 110 valence electrons. The lowest BCUT2D eigenvalue weighted by atomic mass is 10.2. The average molecular weight is 319 g/mol. The van der Waals surface area contributed by atoms with Crippen LogP contribution >= 0.6 is 23.2 Å². The minimum absolute atomic E-state index is 0.0898. The number of nitrogens with zero attached hydrogens (tertiary/aromatic N) is 1. The lowest BCUT2D eigenvalue weighted by molar-refractivity contribution is -0.123. The van der Waals surface area contributed by atoms with Crippen LogP contribution in [-0.4, -0.2) is 17.9 Å². The molecule has 0 unspecified atom stereocenters. The van der Waals surface area contributed by atoms with Gasteiger partial charge >= 0.3 is 0 Å². The summed E-state index contributed by atoms with van der Waals surface area (Å²) in [7, 11) is 0. The zero-order valence-electron chi connectivity index (χ0n) is 11.7. The second-order valence-electron chi connectivity index (χ2n) is 4.42. The van der Waals surface area contributed by atoms with Crippen LogP contribution in [0.4, 0.5) is 5.69 Å². The lowest BCUT2D eigenvalue weighted by Crippen LogP contribution is -2.44. The number of hydrogen-bond donors (Lipinski definition) is 1. The molecule has 2 amide bonds. The molecule has 1 aromatic rings. The summed E-state index contributed by atoms with van der Waals surface area (Å²) in [5.41, 5.74) is 2.70. The van der Waals surface area contributed by atoms with Crippen molar-refractivity contribution in [3.05, 3.63) is 22.2 Å². The number of halogens is 2. The first-order chi connectivity index (χ1) is 9.22. The number of rotatable bonds is 3. The summed E-state index contributed by atoms with van der Waals surface area (Å²) in [6.07, 6.45) is -0.0898. The largest absolute Gasteiger partial charge is 0.489 e. The monoisotopic (exact) mass is 318 g/mol. The Morgan fingerprint density at radius 2 is 1.80 bits per heavy atom. The van der Waals surface area contributed by atoms with Crippen LogP contribution in [0.1, 0.15) is 27.7 Å². The molecule has 1 N–H and O–H groups in total. The van der Waals surface area contributed by atoms with E-state index in [-0.39, 0.29) is 17.0 Å². The smallest absolute Gasteiger partial charge is 0.242 e. The molecule has 0 aliphatic carbocycles. The van der Waals surface area contributed by atoms with Crippen LogP contribution < -0.4 is 15.2 Å². The zero-order valence-corrected chi connectivity index (χ0v) is 13.2. The van der Waals surface area contributed by atoms with Gasteiger partial charge in [0, 0.05) is 19.9 Å². The van der Waals surface area contributed by atoms with E-state index in [2.05, 4.69) is 5.43 Å². The van der Waals surface area contributed by atoms with Gasteiger partial charge in [0.15, 0.2) is 0 Å². The average Bonchev–Trinajstić information content (AvgIpc) is 2.29. The third kappa shape index (κ3) is 4.28. The summed E-state index contributed by atoms with van der Waals surface area (Å²) in [6, 6.07) is 2.98. The summed E-state index contributed by atoms with van der Waals surface area (Å²) in [4.78, 5) is 22.8. The molecule has 0 heterocycles. The van der Waals surface area contributed by atoms with Gasteiger partial charge in [-0.2, -0.15) is 0 Å². The molecule has 5 nitrogen and oxygen atoms in total. The standard InChI is InChI=1S/C13H16Cl2N2O3/c1-7(2)20-13-6-12(10(14)5-11(13)15)17(9(4)19)16-8(3)18/h5-7H,1-4H3,(H,16,18). The number of hydrazine groups is 1. The van der Waals surface area contributed by atoms with E-state index in [4.69, 9.17) is 27.9 Å². The molecular formula is C13H16Cl2N2O3. The molecule has 0 aliphatic rings. The highest BCUT2D eigenvalue weighted by atomic mass is 35.5. The fourth-order valence-electron chi connectivity index (χ4n) is 1.50. The van der Waals surface area contributed by atoms with E-state index < -0.39 is 5.91 Å². The number of amides is 2. The molecule has 1 aromatic carbocycles. The van der Waals surface area contributed by atoms with Crippen LogP contribution in [0.3, 0.4) is 0 Å². The molecule has 20 heavy (non-hydrogen) atoms. The van der Waals surface area contributed by atoms with Gasteiger partial charge in [-0.25, -0.2) is 5.01 Å². The van der Waals surface area contributed by atoms with E-state index in [1.807, 2.05) is 13.8 Å². The van der Waals surface area contributed by atoms with Gasteiger partial charge in [0.2, 0.25) is 11.8 Å². The molecule has 0 atom stereocenters. The van der Waals surface area contributed by atoms with E-state index in [1.54, 1.807) is 0 Å². The number of carbonyl (C=O) groups is 2. The van der Waals surface area contributed by atoms with Crippen LogP contribution in [0.2, 0.25) is 10.0 Å². The zero-order chi connectivity index (χ0) is 15.4. The number of nitrogens with one attached hydrogen (secondary N) is 1. The molecule has 0 aromatic heterocycles. The molecule has 0 spiro atoms. The molecule has 0 saturated carbocycles. The second kappa shape index (κ2) is 6.81. The van der Waals surface area contributed by atoms with Crippen molar-refractivity contribution in [1.29, 1.82) is 0 Å². The predicted octanol–water partition coefficient (Wildman–Crippen LogP) is 3.18. The Morgan fingerprint density at radius 1 is 1.20 bits per heavy atom. The van der Waals surface area contributed by atoms with Gasteiger partial charge in [-0.3, -0.25) is 15.0 Å². The number of ether oxygens (including phenoxy) is 1. The first-order valence-electron chi connectivity index (χ1n) is 5.96. The second-order valence-corrected chi connectivity index (χ2v) is 5.24. The van der Waals surface area contributed by atoms with Gasteiger partial charge in [0.1, 0.15) is 5.75 Å². The highest BCUT2D eigenvalue weighted by molar-refractivity contribution is 6.37. The first-order valence-corrected chi connectivity index (χ1v) is 6.71. The third-order valence-electron chi connectivity index (χ3n) is 2.19. The number of anilines is 1. The molecule has 1 rings (SSSR count). The maximum absolute atomic E-state index is 11.6. The molecular weight excluding hydrogens is 303 g/mol. The van der Waals surface area contributed by atoms with Crippen LogP contribution in [-0.2, 0) is 9.59 Å². The van der Waals surface area contributed by atoms with Crippen LogP contribution in [0.15, 0.2) is 12.1 Å². The van der Waals surface area contributed by atoms with E-state index >= 15 is 0 Å². The van der Waals surface area contributed by atoms with Gasteiger partial charge in [0.05, 0.1) is 21.8 Å². The Hall–Kier alpha value is -1.46. The van der Waals surface area contributed by atoms with Gasteiger partial charge in [-0.05, 0) is 19.9 Å². The van der Waals surface area contributed by atoms with Crippen molar-refractivity contribution in [2.45, 2.75) is 33.8 Å². The summed E-state index contributed by atoms with van der Waals surface area (Å²) in [6.45, 7) is 6.30. The summed E-state index contributed by atoms with van der Waals surface area (Å²) in [5.74, 6) is -0.393. The SMILES string of the molecule is CC(=O)NN(C(C)=O)c1cc(OC(C)C)c(Cl)cc1Cl. The molecule has 0 aliphatic heterocycles.